The lowest BCUT2D eigenvalue weighted by atomic mass is 9.95. The fourth-order valence-corrected chi connectivity index (χ4v) is 11.6. The van der Waals surface area contributed by atoms with Crippen LogP contribution in [0, 0.1) is 58.8 Å². The second-order valence-corrected chi connectivity index (χ2v) is 26.6. The lowest BCUT2D eigenvalue weighted by molar-refractivity contribution is -0.142. The number of carboxylic acids is 2. The van der Waals surface area contributed by atoms with E-state index in [0.717, 1.165) is 38.5 Å². The second-order valence-electron chi connectivity index (χ2n) is 25.0. The van der Waals surface area contributed by atoms with E-state index >= 15 is 0 Å². The van der Waals surface area contributed by atoms with Gasteiger partial charge in [0.05, 0.1) is 49.1 Å². The van der Waals surface area contributed by atoms with Crippen LogP contribution in [0.4, 0.5) is 17.6 Å². The van der Waals surface area contributed by atoms with Crippen molar-refractivity contribution in [3.8, 4) is 0 Å². The predicted octanol–water partition coefficient (Wildman–Crippen LogP) is 13.0. The Labute approximate surface area is 595 Å². The Morgan fingerprint density at radius 3 is 1.21 bits per heavy atom. The second kappa shape index (κ2) is 37.2. The first-order valence-electron chi connectivity index (χ1n) is 32.6. The Morgan fingerprint density at radius 2 is 0.850 bits per heavy atom. The fourth-order valence-electron chi connectivity index (χ4n) is 10.9. The van der Waals surface area contributed by atoms with E-state index in [2.05, 4.69) is 15.5 Å². The molecule has 4 aliphatic carbocycles. The Bertz CT molecular complexity index is 4170. The lowest BCUT2D eigenvalue weighted by Crippen LogP contribution is -2.44. The van der Waals surface area contributed by atoms with Gasteiger partial charge in [0.1, 0.15) is 47.9 Å². The Balaban J connectivity index is 0.000000179. The molecule has 532 valence electrons. The molecule has 6 aromatic carbocycles. The van der Waals surface area contributed by atoms with Crippen LogP contribution >= 0.6 is 46.4 Å². The van der Waals surface area contributed by atoms with Crippen molar-refractivity contribution in [1.29, 1.82) is 0 Å². The number of carbonyl (C=O) groups excluding carboxylic acids is 6. The van der Waals surface area contributed by atoms with E-state index in [1.54, 1.807) is 104 Å². The molecule has 3 amide bonds. The topological polar surface area (TPSA) is 329 Å². The van der Waals surface area contributed by atoms with Crippen molar-refractivity contribution in [3.05, 3.63) is 198 Å². The Morgan fingerprint density at radius 1 is 0.490 bits per heavy atom. The summed E-state index contributed by atoms with van der Waals surface area (Å²) in [5.41, 5.74) is 24.8. The number of hydrogen-bond acceptors (Lipinski definition) is 12. The number of primary amides is 2. The number of hydrogen-bond donors (Lipinski definition) is 7. The van der Waals surface area contributed by atoms with Gasteiger partial charge in [-0.15, -0.1) is 0 Å². The number of amides is 3. The molecule has 0 radical (unpaired) electrons. The molecule has 2 aromatic heterocycles. The predicted molar refractivity (Wildman–Crippen MR) is 374 cm³/mol. The molecule has 0 aliphatic heterocycles. The highest BCUT2D eigenvalue weighted by Crippen LogP contribution is 2.39. The number of para-hydroxylation sites is 2. The van der Waals surface area contributed by atoms with Crippen molar-refractivity contribution in [2.75, 3.05) is 0 Å². The van der Waals surface area contributed by atoms with Gasteiger partial charge in [-0.1, -0.05) is 145 Å². The SMILES string of the molecule is C[C@H](C(=O)CCc1cccc(Cl)c1F)C1CC1.C[C@H](C(=O)O)C1CC1.NC(=O)c1nn(CC(=O)N[C@H](C(=O)CCc2cccc(Cl)c2F)C2CC2)c2ccccc12.NC(=O)c1nn(CC(=O)O)c2ccccc12.NCc1cccc(Cl)c1F.N[C@H](C(=O)CCc1cccc(Cl)c1F)C1CC1. The molecule has 0 saturated heterocycles. The number of fused-ring (bicyclic) bond motifs is 2. The van der Waals surface area contributed by atoms with Gasteiger partial charge >= 0.3 is 11.9 Å². The average molecular weight is 1460 g/mol. The molecule has 0 spiro atoms. The first-order valence-corrected chi connectivity index (χ1v) is 34.1. The third-order valence-corrected chi connectivity index (χ3v) is 18.6. The van der Waals surface area contributed by atoms with Crippen LogP contribution in [0.1, 0.15) is 128 Å². The van der Waals surface area contributed by atoms with Crippen LogP contribution in [-0.2, 0) is 67.7 Å². The highest BCUT2D eigenvalue weighted by Gasteiger charge is 2.38. The molecular formula is C73H79Cl4F4N9O10. The molecule has 4 aliphatic rings. The maximum absolute atomic E-state index is 14.1. The van der Waals surface area contributed by atoms with Crippen LogP contribution in [0.25, 0.3) is 21.8 Å². The van der Waals surface area contributed by atoms with E-state index < -0.39 is 53.2 Å². The first-order chi connectivity index (χ1) is 47.6. The van der Waals surface area contributed by atoms with Crippen molar-refractivity contribution in [2.24, 2.45) is 58.4 Å². The third kappa shape index (κ3) is 23.0. The number of aromatic nitrogens is 4. The summed E-state index contributed by atoms with van der Waals surface area (Å²) >= 11 is 22.6. The third-order valence-electron chi connectivity index (χ3n) is 17.4. The zero-order valence-corrected chi connectivity index (χ0v) is 58.0. The molecular weight excluding hydrogens is 1380 g/mol. The van der Waals surface area contributed by atoms with Gasteiger partial charge in [-0.2, -0.15) is 10.2 Å². The van der Waals surface area contributed by atoms with Crippen molar-refractivity contribution >= 4 is 115 Å². The van der Waals surface area contributed by atoms with Gasteiger partial charge < -0.3 is 38.5 Å². The van der Waals surface area contributed by atoms with Crippen molar-refractivity contribution in [2.45, 2.75) is 135 Å². The van der Waals surface area contributed by atoms with Gasteiger partial charge in [0, 0.05) is 48.1 Å². The molecule has 0 unspecified atom stereocenters. The van der Waals surface area contributed by atoms with Crippen LogP contribution in [-0.4, -0.2) is 88.9 Å². The number of carboxylic acid groups (broad SMARTS) is 2. The number of benzene rings is 6. The molecule has 4 fully saturated rings. The van der Waals surface area contributed by atoms with Gasteiger partial charge in [-0.05, 0) is 147 Å². The molecule has 100 heavy (non-hydrogen) atoms. The van der Waals surface area contributed by atoms with E-state index in [0.29, 0.717) is 81.1 Å². The number of nitrogens with two attached hydrogens (primary N) is 4. The monoisotopic (exact) mass is 1460 g/mol. The van der Waals surface area contributed by atoms with Crippen molar-refractivity contribution in [1.82, 2.24) is 24.9 Å². The Hall–Kier alpha value is -8.58. The van der Waals surface area contributed by atoms with Gasteiger partial charge in [-0.3, -0.25) is 47.7 Å². The lowest BCUT2D eigenvalue weighted by Gasteiger charge is -2.17. The molecule has 0 bridgehead atoms. The number of aliphatic carboxylic acids is 2. The number of nitrogens with zero attached hydrogens (tertiary/aromatic N) is 4. The number of aryl methyl sites for hydroxylation is 3. The summed E-state index contributed by atoms with van der Waals surface area (Å²) in [6, 6.07) is 32.1. The standard InChI is InChI=1S/C23H22ClFN4O3.C14H16ClFO.C13H15ClFNO.C10H9N3O3.C7H7ClFN.C6H10O2/c24-16-6-3-4-13(20(16)25)10-11-18(30)21(14-8-9-14)27-19(31)12-29-17-7-2-1-5-15(17)22(28-29)23(26)32;1-9(10-5-6-10)13(17)8-7-11-3-2-4-12(15)14(11)16;14-10-3-1-2-8(12(10)15)6-7-11(17)13(16)9-4-5-9;11-10(16)9-6-3-1-2-4-7(6)13(12-9)5-8(14)15;8-6-3-1-2-5(4-10)7(6)9;1-4(6(7)8)5-2-3-5/h1-7,14,21H,8-12H2,(H2,26,32)(H,27,31);2-4,9-10H,5-8H2,1H3;1-3,9,13H,4-7,16H2;1-4H,5H2,(H2,11,16)(H,14,15);1-3H,4,10H2;4-5H,2-3H2,1H3,(H,7,8)/t21-;9-;13-;;;4-/m000..0/s1. The van der Waals surface area contributed by atoms with Crippen LogP contribution in [0.3, 0.4) is 0 Å². The highest BCUT2D eigenvalue weighted by molar-refractivity contribution is 6.31. The van der Waals surface area contributed by atoms with E-state index in [1.165, 1.54) is 46.5 Å². The van der Waals surface area contributed by atoms with Crippen LogP contribution in [0.15, 0.2) is 121 Å². The summed E-state index contributed by atoms with van der Waals surface area (Å²) in [6.07, 6.45) is 10.1. The molecule has 12 rings (SSSR count). The number of Topliss-reactive ketones (excluding diaryl/α,β-unsaturated/α-hetero) is 3. The van der Waals surface area contributed by atoms with Crippen LogP contribution < -0.4 is 28.3 Å². The number of rotatable bonds is 25. The largest absolute Gasteiger partial charge is 0.481 e. The smallest absolute Gasteiger partial charge is 0.325 e. The maximum Gasteiger partial charge on any atom is 0.325 e. The van der Waals surface area contributed by atoms with Gasteiger partial charge in [0.15, 0.2) is 17.2 Å². The summed E-state index contributed by atoms with van der Waals surface area (Å²) in [4.78, 5) is 92.7. The zero-order chi connectivity index (χ0) is 73.1. The van der Waals surface area contributed by atoms with Crippen LogP contribution in [0.5, 0.6) is 0 Å². The van der Waals surface area contributed by atoms with Crippen molar-refractivity contribution in [3.63, 3.8) is 0 Å². The van der Waals surface area contributed by atoms with E-state index in [9.17, 15) is 55.9 Å². The number of ketones is 3. The minimum atomic E-state index is -1.02. The number of halogens is 8. The zero-order valence-electron chi connectivity index (χ0n) is 55.0. The summed E-state index contributed by atoms with van der Waals surface area (Å²) in [5, 5.41) is 29.5. The normalized spacial score (nSPS) is 14.8. The molecule has 8 aromatic rings. The molecule has 27 heteroatoms. The van der Waals surface area contributed by atoms with Gasteiger partial charge in [-0.25, -0.2) is 17.6 Å². The minimum Gasteiger partial charge on any atom is -0.481 e. The van der Waals surface area contributed by atoms with Gasteiger partial charge in [0.25, 0.3) is 11.8 Å². The number of carbonyl (C=O) groups is 8. The summed E-state index contributed by atoms with van der Waals surface area (Å²) in [6.45, 7) is 3.49. The summed E-state index contributed by atoms with van der Waals surface area (Å²) < 4.78 is 56.7. The van der Waals surface area contributed by atoms with E-state index in [1.807, 2.05) is 6.92 Å². The molecule has 2 heterocycles. The van der Waals surface area contributed by atoms with Crippen molar-refractivity contribution < 1.29 is 66.1 Å². The summed E-state index contributed by atoms with van der Waals surface area (Å²) in [5.74, 6) is -3.52. The molecule has 4 atom stereocenters. The Kier molecular flexibility index (Phi) is 29.3. The van der Waals surface area contributed by atoms with Crippen LogP contribution in [0.2, 0.25) is 20.1 Å². The molecule has 19 nitrogen and oxygen atoms in total. The van der Waals surface area contributed by atoms with E-state index in [-0.39, 0.29) is 117 Å². The van der Waals surface area contributed by atoms with Gasteiger partial charge in [0.2, 0.25) is 5.91 Å². The minimum absolute atomic E-state index is 0.0174. The maximum atomic E-state index is 14.1. The van der Waals surface area contributed by atoms with E-state index in [4.69, 9.17) is 79.6 Å². The number of nitrogens with one attached hydrogen (secondary N) is 1. The summed E-state index contributed by atoms with van der Waals surface area (Å²) in [7, 11) is 0. The first kappa shape index (κ1) is 78.8. The fraction of sp³-hybridized carbons (Fsp3) is 0.370. The highest BCUT2D eigenvalue weighted by atomic mass is 35.5. The molecule has 11 N–H and O–H groups in total. The average Bonchev–Trinajstić information content (AvgIpc) is 1.65. The molecule has 4 saturated carbocycles. The quantitative estimate of drug-likeness (QED) is 0.0262.